The lowest BCUT2D eigenvalue weighted by Crippen LogP contribution is -1.67. The van der Waals surface area contributed by atoms with E-state index in [1.54, 1.807) is 0 Å². The van der Waals surface area contributed by atoms with Gasteiger partial charge in [-0.05, 0) is 0 Å². The molecule has 0 unspecified atom stereocenters. The van der Waals surface area contributed by atoms with E-state index >= 15 is 0 Å². The zero-order valence-electron chi connectivity index (χ0n) is 1.83. The third kappa shape index (κ3) is 37.8. The van der Waals surface area contributed by atoms with E-state index in [1.807, 2.05) is 0 Å². The first kappa shape index (κ1) is 3.82. The number of nitrogens with one attached hydrogen (secondary N) is 1. The van der Waals surface area contributed by atoms with Crippen molar-refractivity contribution in [2.75, 3.05) is 0 Å². The third-order valence-corrected chi connectivity index (χ3v) is 0. The molecule has 0 heterocycles. The van der Waals surface area contributed by atoms with Gasteiger partial charge in [0.05, 0.1) is 0 Å². The Hall–Kier alpha value is -0.180. The lowest BCUT2D eigenvalue weighted by atomic mass is 11.4. The van der Waals surface area contributed by atoms with Crippen molar-refractivity contribution < 1.29 is 8.78 Å². The van der Waals surface area contributed by atoms with Gasteiger partial charge >= 0.3 is 0 Å². The van der Waals surface area contributed by atoms with E-state index in [0.717, 1.165) is 0 Å². The first-order valence-electron chi connectivity index (χ1n) is 0.725. The molecule has 0 aromatic carbocycles. The van der Waals surface area contributed by atoms with Crippen LogP contribution in [0, 0.1) is 0 Å². The second kappa shape index (κ2) is 1.17. The number of hydrogen-bond acceptors (Lipinski definition) is 0. The fourth-order valence-corrected chi connectivity index (χ4v) is 0. The molecule has 0 spiro atoms. The molecule has 0 amide bonds. The van der Waals surface area contributed by atoms with E-state index in [9.17, 15) is 8.78 Å². The Kier molecular flexibility index (Phi) is 1.12. The molecule has 0 aliphatic carbocycles. The molecule has 0 aromatic heterocycles. The molecule has 0 aromatic rings. The van der Waals surface area contributed by atoms with E-state index in [-0.39, 0.29) is 0 Å². The van der Waals surface area contributed by atoms with Crippen molar-refractivity contribution in [3.8, 4) is 0 Å². The fourth-order valence-electron chi connectivity index (χ4n) is 0. The summed E-state index contributed by atoms with van der Waals surface area (Å²) < 4.78 is 20.0. The monoisotopic (exact) mass is 66.0 g/mol. The molecule has 0 bridgehead atoms. The van der Waals surface area contributed by atoms with Gasteiger partial charge in [-0.3, -0.25) is 0 Å². The first-order valence-corrected chi connectivity index (χ1v) is 0.725. The number of rotatable bonds is 0. The van der Waals surface area contributed by atoms with E-state index in [4.69, 9.17) is 5.73 Å². The second-order valence-electron chi connectivity index (χ2n) is 0.301. The van der Waals surface area contributed by atoms with Crippen LogP contribution >= 0.6 is 0 Å². The van der Waals surface area contributed by atoms with Crippen molar-refractivity contribution in [3.63, 3.8) is 0 Å². The average molecular weight is 66.0 g/mol. The van der Waals surface area contributed by atoms with Crippen LogP contribution in [0.2, 0.25) is 0 Å². The van der Waals surface area contributed by atoms with Gasteiger partial charge in [-0.15, -0.1) is 0 Å². The zero-order valence-corrected chi connectivity index (χ0v) is 1.83. The first-order chi connectivity index (χ1) is 1.73. The summed E-state index contributed by atoms with van der Waals surface area (Å²) in [4.78, 5) is 0. The van der Waals surface area contributed by atoms with Gasteiger partial charge in [0.15, 0.2) is 6.55 Å². The maximum Gasteiger partial charge on any atom is 0.157 e. The van der Waals surface area contributed by atoms with Gasteiger partial charge in [0.2, 0.25) is 0 Å². The Morgan fingerprint density at radius 3 is 1.50 bits per heavy atom. The molecule has 0 radical (unpaired) electrons. The largest absolute Gasteiger partial charge is 0.618 e. The van der Waals surface area contributed by atoms with E-state index in [0.29, 0.717) is 0 Å². The lowest BCUT2D eigenvalue weighted by Gasteiger charge is -1.87. The van der Waals surface area contributed by atoms with Crippen LogP contribution in [0.15, 0.2) is 0 Å². The SMILES string of the molecule is [NH-]C(F)F. The summed E-state index contributed by atoms with van der Waals surface area (Å²) in [6.07, 6.45) is 0. The highest BCUT2D eigenvalue weighted by Gasteiger charge is 1.66. The molecule has 0 saturated heterocycles. The number of halogens is 2. The third-order valence-electron chi connectivity index (χ3n) is 0. The van der Waals surface area contributed by atoms with Crippen molar-refractivity contribution in [3.05, 3.63) is 5.73 Å². The smallest absolute Gasteiger partial charge is 0.157 e. The standard InChI is InChI=1S/CH2F2N/c2-1(3)4/h1,4H/q-1. The van der Waals surface area contributed by atoms with Crippen LogP contribution in [0.3, 0.4) is 0 Å². The molecule has 1 nitrogen and oxygen atoms in total. The Labute approximate surface area is 22.4 Å². The Balaban J connectivity index is 2.32. The second-order valence-corrected chi connectivity index (χ2v) is 0.301. The molecular weight excluding hydrogens is 64.0 g/mol. The van der Waals surface area contributed by atoms with Crippen LogP contribution < -0.4 is 0 Å². The van der Waals surface area contributed by atoms with E-state index < -0.39 is 6.55 Å². The minimum absolute atomic E-state index is 2.92. The molecule has 1 N–H and O–H groups in total. The molecule has 0 atom stereocenters. The highest BCUT2D eigenvalue weighted by Crippen LogP contribution is 1.84. The van der Waals surface area contributed by atoms with Crippen LogP contribution in [0.5, 0.6) is 0 Å². The quantitative estimate of drug-likeness (QED) is 0.380. The van der Waals surface area contributed by atoms with Gasteiger partial charge in [0.1, 0.15) is 0 Å². The molecule has 0 aliphatic rings. The average Bonchev–Trinajstić information content (AvgIpc) is 0.811. The minimum atomic E-state index is -2.92. The molecule has 0 saturated carbocycles. The van der Waals surface area contributed by atoms with Gasteiger partial charge in [0.25, 0.3) is 0 Å². The molecule has 4 heavy (non-hydrogen) atoms. The highest BCUT2D eigenvalue weighted by molar-refractivity contribution is 4.35. The van der Waals surface area contributed by atoms with Crippen LogP contribution in [0.25, 0.3) is 5.73 Å². The predicted molar refractivity (Wildman–Crippen MR) is 10.3 cm³/mol. The topological polar surface area (TPSA) is 23.8 Å². The van der Waals surface area contributed by atoms with Crippen LogP contribution in [0.1, 0.15) is 0 Å². The fraction of sp³-hybridized carbons (Fsp3) is 1.00. The maximum absolute atomic E-state index is 10.0. The number of alkyl halides is 2. The summed E-state index contributed by atoms with van der Waals surface area (Å²) in [5.74, 6) is 0. The maximum atomic E-state index is 10.0. The summed E-state index contributed by atoms with van der Waals surface area (Å²) in [6.45, 7) is -2.92. The van der Waals surface area contributed by atoms with Gasteiger partial charge in [-0.2, -0.15) is 0 Å². The molecule has 26 valence electrons. The summed E-state index contributed by atoms with van der Waals surface area (Å²) in [7, 11) is 0. The number of hydrogen-bond donors (Lipinski definition) is 0. The van der Waals surface area contributed by atoms with Gasteiger partial charge in [0, 0.05) is 0 Å². The van der Waals surface area contributed by atoms with Gasteiger partial charge in [-0.25, -0.2) is 8.78 Å². The molecule has 0 aliphatic heterocycles. The van der Waals surface area contributed by atoms with Gasteiger partial charge in [-0.1, -0.05) is 0 Å². The molecule has 3 heteroatoms. The molecular formula is CH2F2N-. The summed E-state index contributed by atoms with van der Waals surface area (Å²) in [5.41, 5.74) is 5.25. The van der Waals surface area contributed by atoms with Crippen LogP contribution in [-0.2, 0) is 0 Å². The van der Waals surface area contributed by atoms with Crippen molar-refractivity contribution >= 4 is 0 Å². The van der Waals surface area contributed by atoms with E-state index in [1.165, 1.54) is 0 Å². The Morgan fingerprint density at radius 2 is 1.50 bits per heavy atom. The van der Waals surface area contributed by atoms with Crippen molar-refractivity contribution in [1.82, 2.24) is 0 Å². The Bertz CT molecular complexity index is 10.8. The van der Waals surface area contributed by atoms with Crippen molar-refractivity contribution in [1.29, 1.82) is 0 Å². The van der Waals surface area contributed by atoms with Crippen LogP contribution in [0.4, 0.5) is 8.78 Å². The predicted octanol–water partition coefficient (Wildman–Crippen LogP) is 1.26. The highest BCUT2D eigenvalue weighted by atomic mass is 19.3. The van der Waals surface area contributed by atoms with Gasteiger partial charge < -0.3 is 5.73 Å². The Morgan fingerprint density at radius 1 is 1.50 bits per heavy atom. The zero-order chi connectivity index (χ0) is 3.58. The van der Waals surface area contributed by atoms with E-state index in [2.05, 4.69) is 0 Å². The normalized spacial score (nSPS) is 9.00. The lowest BCUT2D eigenvalue weighted by molar-refractivity contribution is 0.204. The summed E-state index contributed by atoms with van der Waals surface area (Å²) in [5, 5.41) is 0. The summed E-state index contributed by atoms with van der Waals surface area (Å²) >= 11 is 0. The minimum Gasteiger partial charge on any atom is -0.618 e. The van der Waals surface area contributed by atoms with Crippen molar-refractivity contribution in [2.24, 2.45) is 0 Å². The van der Waals surface area contributed by atoms with Crippen LogP contribution in [-0.4, -0.2) is 6.55 Å². The summed E-state index contributed by atoms with van der Waals surface area (Å²) in [6, 6.07) is 0. The molecule has 0 fully saturated rings. The van der Waals surface area contributed by atoms with Crippen molar-refractivity contribution in [2.45, 2.75) is 6.55 Å². The molecule has 0 rings (SSSR count).